The summed E-state index contributed by atoms with van der Waals surface area (Å²) in [5.41, 5.74) is 3.14. The van der Waals surface area contributed by atoms with E-state index >= 15 is 0 Å². The molecule has 0 aliphatic heterocycles. The van der Waals surface area contributed by atoms with Gasteiger partial charge in [0.1, 0.15) is 5.82 Å². The van der Waals surface area contributed by atoms with Crippen LogP contribution in [-0.4, -0.2) is 39.9 Å². The summed E-state index contributed by atoms with van der Waals surface area (Å²) in [6.45, 7) is 0.898. The van der Waals surface area contributed by atoms with E-state index in [9.17, 15) is 0 Å². The fraction of sp³-hybridized carbons (Fsp3) is 0.235. The molecule has 6 nitrogen and oxygen atoms in total. The van der Waals surface area contributed by atoms with Gasteiger partial charge in [-0.3, -0.25) is 0 Å². The van der Waals surface area contributed by atoms with Crippen LogP contribution in [0.25, 0.3) is 16.8 Å². The van der Waals surface area contributed by atoms with Crippen LogP contribution in [0.1, 0.15) is 12.0 Å². The molecule has 0 aliphatic rings. The lowest BCUT2D eigenvalue weighted by Gasteiger charge is -2.18. The lowest BCUT2D eigenvalue weighted by atomic mass is 10.1. The van der Waals surface area contributed by atoms with Gasteiger partial charge in [0, 0.05) is 32.0 Å². The predicted octanol–water partition coefficient (Wildman–Crippen LogP) is 2.09. The summed E-state index contributed by atoms with van der Waals surface area (Å²) in [7, 11) is 1.95. The maximum absolute atomic E-state index is 9.07. The molecule has 0 radical (unpaired) electrons. The first-order chi connectivity index (χ1) is 11.2. The number of hydrogen-bond acceptors (Lipinski definition) is 5. The fourth-order valence-corrected chi connectivity index (χ4v) is 2.46. The number of nitriles is 1. The van der Waals surface area contributed by atoms with Crippen molar-refractivity contribution in [1.82, 2.24) is 14.6 Å². The molecular formula is C17H17N5O. The van der Waals surface area contributed by atoms with Crippen LogP contribution < -0.4 is 4.90 Å². The third-order valence-electron chi connectivity index (χ3n) is 3.70. The smallest absolute Gasteiger partial charge is 0.128 e. The third kappa shape index (κ3) is 3.00. The highest BCUT2D eigenvalue weighted by atomic mass is 16.3. The van der Waals surface area contributed by atoms with Crippen LogP contribution in [0.4, 0.5) is 5.82 Å². The maximum Gasteiger partial charge on any atom is 0.128 e. The molecule has 23 heavy (non-hydrogen) atoms. The van der Waals surface area contributed by atoms with E-state index < -0.39 is 0 Å². The van der Waals surface area contributed by atoms with Gasteiger partial charge >= 0.3 is 0 Å². The molecule has 1 N–H and O–H groups in total. The van der Waals surface area contributed by atoms with E-state index in [0.717, 1.165) is 29.1 Å². The normalized spacial score (nSPS) is 10.7. The van der Waals surface area contributed by atoms with Crippen molar-refractivity contribution >= 4 is 11.3 Å². The number of aliphatic hydroxyl groups is 1. The van der Waals surface area contributed by atoms with Crippen molar-refractivity contribution in [2.75, 3.05) is 25.1 Å². The number of anilines is 1. The zero-order valence-corrected chi connectivity index (χ0v) is 12.8. The Bertz CT molecular complexity index is 865. The predicted molar refractivity (Wildman–Crippen MR) is 88.1 cm³/mol. The summed E-state index contributed by atoms with van der Waals surface area (Å²) in [5, 5.41) is 22.3. The van der Waals surface area contributed by atoms with Gasteiger partial charge in [-0.15, -0.1) is 0 Å². The third-order valence-corrected chi connectivity index (χ3v) is 3.70. The van der Waals surface area contributed by atoms with Gasteiger partial charge in [-0.1, -0.05) is 6.07 Å². The molecular weight excluding hydrogens is 290 g/mol. The average Bonchev–Trinajstić information content (AvgIpc) is 3.02. The molecule has 0 spiro atoms. The van der Waals surface area contributed by atoms with E-state index in [1.807, 2.05) is 36.2 Å². The lowest BCUT2D eigenvalue weighted by Crippen LogP contribution is -2.20. The van der Waals surface area contributed by atoms with Crippen molar-refractivity contribution in [1.29, 1.82) is 5.26 Å². The van der Waals surface area contributed by atoms with E-state index in [1.54, 1.807) is 23.0 Å². The quantitative estimate of drug-likeness (QED) is 0.781. The number of rotatable bonds is 5. The SMILES string of the molecule is CN(CCCO)c1cccc(-c2cnn3ccc(C#N)cc23)n1. The molecule has 0 saturated heterocycles. The van der Waals surface area contributed by atoms with Crippen molar-refractivity contribution in [3.63, 3.8) is 0 Å². The highest BCUT2D eigenvalue weighted by Crippen LogP contribution is 2.25. The Labute approximate surface area is 134 Å². The highest BCUT2D eigenvalue weighted by Gasteiger charge is 2.10. The minimum absolute atomic E-state index is 0.162. The van der Waals surface area contributed by atoms with Crippen LogP contribution in [0, 0.1) is 11.3 Å². The molecule has 6 heteroatoms. The molecule has 0 fully saturated rings. The Balaban J connectivity index is 2.00. The van der Waals surface area contributed by atoms with Gasteiger partial charge in [0.2, 0.25) is 0 Å². The van der Waals surface area contributed by atoms with Crippen LogP contribution in [0.15, 0.2) is 42.7 Å². The zero-order chi connectivity index (χ0) is 16.2. The molecule has 0 aliphatic carbocycles. The molecule has 3 rings (SSSR count). The number of aliphatic hydroxyl groups excluding tert-OH is 1. The van der Waals surface area contributed by atoms with Crippen LogP contribution in [0.2, 0.25) is 0 Å². The minimum Gasteiger partial charge on any atom is -0.396 e. The molecule has 0 amide bonds. The Morgan fingerprint density at radius 2 is 2.22 bits per heavy atom. The van der Waals surface area contributed by atoms with E-state index in [1.165, 1.54) is 0 Å². The molecule has 3 heterocycles. The van der Waals surface area contributed by atoms with Gasteiger partial charge in [0.25, 0.3) is 0 Å². The van der Waals surface area contributed by atoms with Crippen LogP contribution >= 0.6 is 0 Å². The van der Waals surface area contributed by atoms with E-state index in [4.69, 9.17) is 10.4 Å². The average molecular weight is 307 g/mol. The second-order valence-corrected chi connectivity index (χ2v) is 5.30. The highest BCUT2D eigenvalue weighted by molar-refractivity contribution is 5.79. The number of hydrogen-bond donors (Lipinski definition) is 1. The first-order valence-corrected chi connectivity index (χ1v) is 7.40. The summed E-state index contributed by atoms with van der Waals surface area (Å²) in [5.74, 6) is 0.840. The number of nitrogens with zero attached hydrogens (tertiary/aromatic N) is 5. The van der Waals surface area contributed by atoms with Crippen molar-refractivity contribution in [3.8, 4) is 17.3 Å². The van der Waals surface area contributed by atoms with Gasteiger partial charge in [-0.2, -0.15) is 10.4 Å². The molecule has 0 atom stereocenters. The van der Waals surface area contributed by atoms with Crippen molar-refractivity contribution in [2.45, 2.75) is 6.42 Å². The van der Waals surface area contributed by atoms with Gasteiger partial charge in [0.05, 0.1) is 29.0 Å². The molecule has 0 saturated carbocycles. The summed E-state index contributed by atoms with van der Waals surface area (Å²) in [6, 6.07) is 11.5. The first kappa shape index (κ1) is 15.0. The lowest BCUT2D eigenvalue weighted by molar-refractivity contribution is 0.290. The van der Waals surface area contributed by atoms with Gasteiger partial charge in [-0.05, 0) is 30.7 Å². The molecule has 3 aromatic rings. The fourth-order valence-electron chi connectivity index (χ4n) is 2.46. The Kier molecular flexibility index (Phi) is 4.22. The number of fused-ring (bicyclic) bond motifs is 1. The number of pyridine rings is 2. The largest absolute Gasteiger partial charge is 0.396 e. The van der Waals surface area contributed by atoms with Crippen molar-refractivity contribution in [3.05, 3.63) is 48.3 Å². The standard InChI is InChI=1S/C17H17N5O/c1-21(7-3-9-23)17-5-2-4-15(20-17)14-12-19-22-8-6-13(11-18)10-16(14)22/h2,4-6,8,10,12,23H,3,7,9H2,1H3. The molecule has 116 valence electrons. The van der Waals surface area contributed by atoms with Crippen LogP contribution in [0.3, 0.4) is 0 Å². The van der Waals surface area contributed by atoms with E-state index in [2.05, 4.69) is 16.2 Å². The summed E-state index contributed by atoms with van der Waals surface area (Å²) < 4.78 is 1.74. The molecule has 3 aromatic heterocycles. The Morgan fingerprint density at radius 1 is 1.35 bits per heavy atom. The van der Waals surface area contributed by atoms with Gasteiger partial charge < -0.3 is 10.0 Å². The van der Waals surface area contributed by atoms with Gasteiger partial charge in [-0.25, -0.2) is 9.50 Å². The molecule has 0 bridgehead atoms. The van der Waals surface area contributed by atoms with Crippen LogP contribution in [-0.2, 0) is 0 Å². The monoisotopic (exact) mass is 307 g/mol. The Morgan fingerprint density at radius 3 is 3.00 bits per heavy atom. The topological polar surface area (TPSA) is 77.5 Å². The summed E-state index contributed by atoms with van der Waals surface area (Å²) >= 11 is 0. The van der Waals surface area contributed by atoms with Crippen LogP contribution in [0.5, 0.6) is 0 Å². The van der Waals surface area contributed by atoms with Gasteiger partial charge in [0.15, 0.2) is 0 Å². The number of aromatic nitrogens is 3. The first-order valence-electron chi connectivity index (χ1n) is 7.40. The Hall–Kier alpha value is -2.91. The second-order valence-electron chi connectivity index (χ2n) is 5.30. The zero-order valence-electron chi connectivity index (χ0n) is 12.8. The summed E-state index contributed by atoms with van der Waals surface area (Å²) in [4.78, 5) is 6.69. The minimum atomic E-state index is 0.162. The molecule has 0 aromatic carbocycles. The van der Waals surface area contributed by atoms with E-state index in [0.29, 0.717) is 12.0 Å². The second kappa shape index (κ2) is 6.46. The van der Waals surface area contributed by atoms with E-state index in [-0.39, 0.29) is 6.61 Å². The van der Waals surface area contributed by atoms with Crippen molar-refractivity contribution in [2.24, 2.45) is 0 Å². The van der Waals surface area contributed by atoms with Crippen molar-refractivity contribution < 1.29 is 5.11 Å². The molecule has 0 unspecified atom stereocenters. The maximum atomic E-state index is 9.07. The summed E-state index contributed by atoms with van der Waals surface area (Å²) in [6.07, 6.45) is 4.23.